The lowest BCUT2D eigenvalue weighted by Crippen LogP contribution is -2.43. The molecule has 0 aliphatic carbocycles. The molecule has 4 nitrogen and oxygen atoms in total. The van der Waals surface area contributed by atoms with Crippen LogP contribution in [0.4, 0.5) is 0 Å². The number of carbonyl (C=O) groups excluding carboxylic acids is 1. The van der Waals surface area contributed by atoms with Gasteiger partial charge >= 0.3 is 0 Å². The fourth-order valence-corrected chi connectivity index (χ4v) is 1.51. The van der Waals surface area contributed by atoms with Crippen LogP contribution in [-0.2, 0) is 11.3 Å². The Hall–Kier alpha value is -1.55. The van der Waals surface area contributed by atoms with Crippen molar-refractivity contribution in [3.05, 3.63) is 29.8 Å². The summed E-state index contributed by atoms with van der Waals surface area (Å²) in [5, 5.41) is 5.92. The maximum absolute atomic E-state index is 11.6. The Morgan fingerprint density at radius 3 is 2.33 bits per heavy atom. The third-order valence-corrected chi connectivity index (χ3v) is 2.19. The highest BCUT2D eigenvalue weighted by molar-refractivity contribution is 5.78. The van der Waals surface area contributed by atoms with Gasteiger partial charge in [0, 0.05) is 12.1 Å². The van der Waals surface area contributed by atoms with Gasteiger partial charge in [0.05, 0.1) is 0 Å². The third-order valence-electron chi connectivity index (χ3n) is 2.19. The Labute approximate surface area is 109 Å². The molecule has 0 aliphatic heterocycles. The zero-order valence-corrected chi connectivity index (χ0v) is 11.5. The molecule has 18 heavy (non-hydrogen) atoms. The summed E-state index contributed by atoms with van der Waals surface area (Å²) < 4.78 is 5.41. The van der Waals surface area contributed by atoms with E-state index in [2.05, 4.69) is 10.6 Å². The predicted octanol–water partition coefficient (Wildman–Crippen LogP) is 1.70. The smallest absolute Gasteiger partial charge is 0.258 e. The number of amides is 1. The van der Waals surface area contributed by atoms with E-state index in [9.17, 15) is 4.79 Å². The van der Waals surface area contributed by atoms with Crippen molar-refractivity contribution in [2.45, 2.75) is 32.9 Å². The van der Waals surface area contributed by atoms with Gasteiger partial charge in [0.2, 0.25) is 0 Å². The first kappa shape index (κ1) is 14.5. The van der Waals surface area contributed by atoms with E-state index in [1.54, 1.807) is 0 Å². The van der Waals surface area contributed by atoms with Gasteiger partial charge in [-0.3, -0.25) is 4.79 Å². The average molecular weight is 250 g/mol. The molecule has 0 heterocycles. The molecule has 0 saturated heterocycles. The van der Waals surface area contributed by atoms with E-state index in [-0.39, 0.29) is 18.1 Å². The number of hydrogen-bond acceptors (Lipinski definition) is 3. The molecule has 0 fully saturated rings. The summed E-state index contributed by atoms with van der Waals surface area (Å²) in [6.07, 6.45) is 0. The van der Waals surface area contributed by atoms with Crippen LogP contribution in [0, 0.1) is 0 Å². The number of ether oxygens (including phenoxy) is 1. The van der Waals surface area contributed by atoms with Crippen molar-refractivity contribution >= 4 is 5.91 Å². The summed E-state index contributed by atoms with van der Waals surface area (Å²) in [6.45, 7) is 6.69. The lowest BCUT2D eigenvalue weighted by molar-refractivity contribution is -0.124. The lowest BCUT2D eigenvalue weighted by atomic mass is 10.1. The molecule has 100 valence electrons. The van der Waals surface area contributed by atoms with E-state index in [1.165, 1.54) is 5.56 Å². The van der Waals surface area contributed by atoms with Crippen molar-refractivity contribution in [3.8, 4) is 5.75 Å². The summed E-state index contributed by atoms with van der Waals surface area (Å²) >= 11 is 0. The minimum atomic E-state index is -0.225. The Morgan fingerprint density at radius 1 is 1.22 bits per heavy atom. The molecule has 1 amide bonds. The first-order chi connectivity index (χ1) is 8.40. The number of benzene rings is 1. The van der Waals surface area contributed by atoms with Gasteiger partial charge in [-0.25, -0.2) is 0 Å². The minimum absolute atomic E-state index is 0.0443. The second kappa shape index (κ2) is 6.40. The second-order valence-corrected chi connectivity index (χ2v) is 5.26. The Balaban J connectivity index is 2.41. The number of hydrogen-bond donors (Lipinski definition) is 2. The van der Waals surface area contributed by atoms with Gasteiger partial charge in [-0.15, -0.1) is 0 Å². The molecular weight excluding hydrogens is 228 g/mol. The van der Waals surface area contributed by atoms with Crippen LogP contribution in [0.5, 0.6) is 5.75 Å². The van der Waals surface area contributed by atoms with Crippen molar-refractivity contribution in [1.82, 2.24) is 10.6 Å². The van der Waals surface area contributed by atoms with Crippen molar-refractivity contribution < 1.29 is 9.53 Å². The zero-order valence-electron chi connectivity index (χ0n) is 11.5. The van der Waals surface area contributed by atoms with Crippen LogP contribution in [0.2, 0.25) is 0 Å². The fraction of sp³-hybridized carbons (Fsp3) is 0.500. The highest BCUT2D eigenvalue weighted by Crippen LogP contribution is 2.12. The van der Waals surface area contributed by atoms with Crippen molar-refractivity contribution in [2.24, 2.45) is 0 Å². The quantitative estimate of drug-likeness (QED) is 0.836. The molecule has 1 rings (SSSR count). The number of rotatable bonds is 5. The van der Waals surface area contributed by atoms with E-state index in [0.29, 0.717) is 5.75 Å². The summed E-state index contributed by atoms with van der Waals surface area (Å²) in [4.78, 5) is 11.6. The van der Waals surface area contributed by atoms with E-state index >= 15 is 0 Å². The van der Waals surface area contributed by atoms with Gasteiger partial charge in [-0.05, 0) is 45.5 Å². The lowest BCUT2D eigenvalue weighted by Gasteiger charge is -2.20. The minimum Gasteiger partial charge on any atom is -0.484 e. The molecule has 0 aliphatic rings. The first-order valence-electron chi connectivity index (χ1n) is 6.08. The SMILES string of the molecule is CNCc1ccc(OCC(=O)NC(C)(C)C)cc1. The molecule has 0 radical (unpaired) electrons. The largest absolute Gasteiger partial charge is 0.484 e. The fourth-order valence-electron chi connectivity index (χ4n) is 1.51. The monoisotopic (exact) mass is 250 g/mol. The van der Waals surface area contributed by atoms with Crippen LogP contribution in [0.1, 0.15) is 26.3 Å². The molecule has 0 saturated carbocycles. The van der Waals surface area contributed by atoms with E-state index in [1.807, 2.05) is 52.1 Å². The molecule has 0 aromatic heterocycles. The maximum Gasteiger partial charge on any atom is 0.258 e. The molecule has 0 bridgehead atoms. The number of carbonyl (C=O) groups is 1. The first-order valence-corrected chi connectivity index (χ1v) is 6.08. The predicted molar refractivity (Wildman–Crippen MR) is 72.6 cm³/mol. The van der Waals surface area contributed by atoms with Crippen molar-refractivity contribution in [1.29, 1.82) is 0 Å². The summed E-state index contributed by atoms with van der Waals surface area (Å²) in [5.74, 6) is 0.598. The molecular formula is C14H22N2O2. The highest BCUT2D eigenvalue weighted by Gasteiger charge is 2.13. The van der Waals surface area contributed by atoms with E-state index in [0.717, 1.165) is 6.54 Å². The molecule has 1 aromatic carbocycles. The van der Waals surface area contributed by atoms with Gasteiger partial charge in [0.15, 0.2) is 6.61 Å². The van der Waals surface area contributed by atoms with Crippen LogP contribution in [0.25, 0.3) is 0 Å². The molecule has 0 spiro atoms. The van der Waals surface area contributed by atoms with Crippen LogP contribution in [0.3, 0.4) is 0 Å². The van der Waals surface area contributed by atoms with Crippen LogP contribution < -0.4 is 15.4 Å². The third kappa shape index (κ3) is 5.68. The summed E-state index contributed by atoms with van der Waals surface area (Å²) in [5.41, 5.74) is 0.959. The molecule has 2 N–H and O–H groups in total. The second-order valence-electron chi connectivity index (χ2n) is 5.26. The van der Waals surface area contributed by atoms with Gasteiger partial charge < -0.3 is 15.4 Å². The van der Waals surface area contributed by atoms with E-state index in [4.69, 9.17) is 4.74 Å². The summed E-state index contributed by atoms with van der Waals surface area (Å²) in [7, 11) is 1.90. The standard InChI is InChI=1S/C14H22N2O2/c1-14(2,3)16-13(17)10-18-12-7-5-11(6-8-12)9-15-4/h5-8,15H,9-10H2,1-4H3,(H,16,17). The average Bonchev–Trinajstić information content (AvgIpc) is 2.26. The van der Waals surface area contributed by atoms with Gasteiger partial charge in [-0.2, -0.15) is 0 Å². The molecule has 4 heteroatoms. The molecule has 1 aromatic rings. The highest BCUT2D eigenvalue weighted by atomic mass is 16.5. The molecule has 0 atom stereocenters. The van der Waals surface area contributed by atoms with Crippen molar-refractivity contribution in [2.75, 3.05) is 13.7 Å². The van der Waals surface area contributed by atoms with Gasteiger partial charge in [-0.1, -0.05) is 12.1 Å². The van der Waals surface area contributed by atoms with Gasteiger partial charge in [0.25, 0.3) is 5.91 Å². The normalized spacial score (nSPS) is 11.1. The summed E-state index contributed by atoms with van der Waals surface area (Å²) in [6, 6.07) is 7.70. The Bertz CT molecular complexity index is 380. The maximum atomic E-state index is 11.6. The Morgan fingerprint density at radius 2 is 1.83 bits per heavy atom. The van der Waals surface area contributed by atoms with Crippen LogP contribution in [-0.4, -0.2) is 25.1 Å². The van der Waals surface area contributed by atoms with Crippen molar-refractivity contribution in [3.63, 3.8) is 0 Å². The zero-order chi connectivity index (χ0) is 13.6. The Kier molecular flexibility index (Phi) is 5.16. The van der Waals surface area contributed by atoms with Crippen LogP contribution >= 0.6 is 0 Å². The van der Waals surface area contributed by atoms with Crippen LogP contribution in [0.15, 0.2) is 24.3 Å². The topological polar surface area (TPSA) is 50.4 Å². The number of nitrogens with one attached hydrogen (secondary N) is 2. The molecule has 0 unspecified atom stereocenters. The van der Waals surface area contributed by atoms with E-state index < -0.39 is 0 Å². The van der Waals surface area contributed by atoms with Gasteiger partial charge in [0.1, 0.15) is 5.75 Å².